The summed E-state index contributed by atoms with van der Waals surface area (Å²) in [4.78, 5) is 4.84. The standard InChI is InChI=1S/C18H26BrN3O/c1-2-20-17(21-12-14-6-5-11-23-14)22-13-18(9-10-18)15-7-3-4-8-16(15)19/h3-4,7-8,14H,2,5-6,9-13H2,1H3,(H2,20,21,22). The minimum absolute atomic E-state index is 0.215. The third-order valence-corrected chi connectivity index (χ3v) is 5.40. The Bertz CT molecular complexity index is 551. The van der Waals surface area contributed by atoms with Crippen LogP contribution >= 0.6 is 15.9 Å². The first kappa shape index (κ1) is 16.8. The maximum Gasteiger partial charge on any atom is 0.191 e. The summed E-state index contributed by atoms with van der Waals surface area (Å²) in [5, 5.41) is 6.78. The van der Waals surface area contributed by atoms with Gasteiger partial charge in [0.1, 0.15) is 0 Å². The molecule has 0 amide bonds. The smallest absolute Gasteiger partial charge is 0.191 e. The lowest BCUT2D eigenvalue weighted by Crippen LogP contribution is -2.41. The topological polar surface area (TPSA) is 45.7 Å². The molecular formula is C18H26BrN3O. The largest absolute Gasteiger partial charge is 0.376 e. The molecule has 0 radical (unpaired) electrons. The highest BCUT2D eigenvalue weighted by atomic mass is 79.9. The number of hydrogen-bond donors (Lipinski definition) is 2. The zero-order valence-electron chi connectivity index (χ0n) is 13.8. The average molecular weight is 380 g/mol. The number of ether oxygens (including phenoxy) is 1. The number of benzene rings is 1. The Labute approximate surface area is 147 Å². The van der Waals surface area contributed by atoms with Crippen LogP contribution < -0.4 is 10.6 Å². The fourth-order valence-electron chi connectivity index (χ4n) is 3.14. The Balaban J connectivity index is 1.62. The minimum atomic E-state index is 0.215. The van der Waals surface area contributed by atoms with Crippen molar-refractivity contribution < 1.29 is 4.74 Å². The van der Waals surface area contributed by atoms with Gasteiger partial charge in [0.15, 0.2) is 5.96 Å². The number of nitrogens with zero attached hydrogens (tertiary/aromatic N) is 1. The predicted molar refractivity (Wildman–Crippen MR) is 98.0 cm³/mol. The van der Waals surface area contributed by atoms with E-state index in [-0.39, 0.29) is 5.41 Å². The van der Waals surface area contributed by atoms with Crippen LogP contribution in [0.4, 0.5) is 0 Å². The highest BCUT2D eigenvalue weighted by molar-refractivity contribution is 9.10. The van der Waals surface area contributed by atoms with E-state index in [9.17, 15) is 0 Å². The lowest BCUT2D eigenvalue weighted by atomic mass is 9.96. The Morgan fingerprint density at radius 2 is 2.17 bits per heavy atom. The van der Waals surface area contributed by atoms with Crippen molar-refractivity contribution in [1.82, 2.24) is 10.6 Å². The fourth-order valence-corrected chi connectivity index (χ4v) is 3.85. The van der Waals surface area contributed by atoms with Crippen molar-refractivity contribution in [1.29, 1.82) is 0 Å². The summed E-state index contributed by atoms with van der Waals surface area (Å²) in [5.74, 6) is 0.904. The van der Waals surface area contributed by atoms with Gasteiger partial charge in [0.25, 0.3) is 0 Å². The van der Waals surface area contributed by atoms with Gasteiger partial charge in [0.2, 0.25) is 0 Å². The Hall–Kier alpha value is -1.07. The Kier molecular flexibility index (Phi) is 5.59. The lowest BCUT2D eigenvalue weighted by Gasteiger charge is -2.18. The van der Waals surface area contributed by atoms with Gasteiger partial charge in [0.05, 0.1) is 12.6 Å². The number of rotatable bonds is 6. The molecule has 1 atom stereocenters. The molecule has 1 aromatic carbocycles. The zero-order valence-corrected chi connectivity index (χ0v) is 15.4. The predicted octanol–water partition coefficient (Wildman–Crippen LogP) is 3.21. The van der Waals surface area contributed by atoms with E-state index in [1.54, 1.807) is 0 Å². The molecule has 4 nitrogen and oxygen atoms in total. The van der Waals surface area contributed by atoms with Gasteiger partial charge in [-0.25, -0.2) is 0 Å². The molecule has 2 N–H and O–H groups in total. The third kappa shape index (κ3) is 4.27. The average Bonchev–Trinajstić information content (AvgIpc) is 3.16. The second kappa shape index (κ2) is 7.67. The molecule has 1 aliphatic carbocycles. The van der Waals surface area contributed by atoms with Crippen LogP contribution in [0.15, 0.2) is 33.7 Å². The van der Waals surface area contributed by atoms with Crippen molar-refractivity contribution in [3.8, 4) is 0 Å². The van der Waals surface area contributed by atoms with E-state index in [1.165, 1.54) is 29.3 Å². The van der Waals surface area contributed by atoms with Gasteiger partial charge in [0, 0.05) is 29.6 Å². The molecule has 5 heteroatoms. The van der Waals surface area contributed by atoms with Crippen molar-refractivity contribution in [2.24, 2.45) is 4.99 Å². The quantitative estimate of drug-likeness (QED) is 0.589. The summed E-state index contributed by atoms with van der Waals surface area (Å²) in [7, 11) is 0. The number of aliphatic imine (C=N–C) groups is 1. The summed E-state index contributed by atoms with van der Waals surface area (Å²) in [5.41, 5.74) is 1.60. The second-order valence-corrected chi connectivity index (χ2v) is 7.33. The van der Waals surface area contributed by atoms with E-state index in [2.05, 4.69) is 57.8 Å². The molecule has 0 aromatic heterocycles. The zero-order chi connectivity index (χ0) is 16.1. The highest BCUT2D eigenvalue weighted by Gasteiger charge is 2.45. The Morgan fingerprint density at radius 1 is 1.35 bits per heavy atom. The summed E-state index contributed by atoms with van der Waals surface area (Å²) in [6.07, 6.45) is 5.07. The van der Waals surface area contributed by atoms with Crippen LogP contribution in [0.25, 0.3) is 0 Å². The monoisotopic (exact) mass is 379 g/mol. The summed E-state index contributed by atoms with van der Waals surface area (Å²) in [6, 6.07) is 8.53. The van der Waals surface area contributed by atoms with E-state index in [4.69, 9.17) is 9.73 Å². The van der Waals surface area contributed by atoms with Crippen molar-refractivity contribution in [2.75, 3.05) is 26.2 Å². The van der Waals surface area contributed by atoms with Crippen LogP contribution in [0.1, 0.15) is 38.2 Å². The minimum Gasteiger partial charge on any atom is -0.376 e. The third-order valence-electron chi connectivity index (χ3n) is 4.70. The van der Waals surface area contributed by atoms with Crippen LogP contribution in [-0.4, -0.2) is 38.3 Å². The molecular weight excluding hydrogens is 354 g/mol. The van der Waals surface area contributed by atoms with Crippen molar-refractivity contribution >= 4 is 21.9 Å². The van der Waals surface area contributed by atoms with Gasteiger partial charge in [-0.3, -0.25) is 4.99 Å². The number of halogens is 1. The van der Waals surface area contributed by atoms with Crippen molar-refractivity contribution in [3.05, 3.63) is 34.3 Å². The van der Waals surface area contributed by atoms with Crippen LogP contribution in [0.2, 0.25) is 0 Å². The molecule has 1 saturated heterocycles. The van der Waals surface area contributed by atoms with Crippen LogP contribution in [0, 0.1) is 0 Å². The second-order valence-electron chi connectivity index (χ2n) is 6.47. The van der Waals surface area contributed by atoms with Crippen molar-refractivity contribution in [3.63, 3.8) is 0 Å². The molecule has 1 aliphatic heterocycles. The lowest BCUT2D eigenvalue weighted by molar-refractivity contribution is 0.114. The van der Waals surface area contributed by atoms with E-state index in [1.807, 2.05) is 0 Å². The highest BCUT2D eigenvalue weighted by Crippen LogP contribution is 2.50. The first-order chi connectivity index (χ1) is 11.2. The summed E-state index contributed by atoms with van der Waals surface area (Å²) < 4.78 is 6.87. The van der Waals surface area contributed by atoms with Crippen LogP contribution in [0.5, 0.6) is 0 Å². The van der Waals surface area contributed by atoms with Gasteiger partial charge < -0.3 is 15.4 Å². The molecule has 1 saturated carbocycles. The van der Waals surface area contributed by atoms with E-state index < -0.39 is 0 Å². The van der Waals surface area contributed by atoms with Gasteiger partial charge in [-0.2, -0.15) is 0 Å². The van der Waals surface area contributed by atoms with Crippen LogP contribution in [0.3, 0.4) is 0 Å². The number of nitrogens with one attached hydrogen (secondary N) is 2. The SMILES string of the molecule is CCNC(=NCC1(c2ccccc2Br)CC1)NCC1CCCO1. The molecule has 3 rings (SSSR count). The maximum absolute atomic E-state index is 5.67. The summed E-state index contributed by atoms with van der Waals surface area (Å²) in [6.45, 7) is 5.54. The van der Waals surface area contributed by atoms with Crippen LogP contribution in [-0.2, 0) is 10.2 Å². The molecule has 2 aliphatic rings. The maximum atomic E-state index is 5.67. The normalized spacial score (nSPS) is 22.9. The van der Waals surface area contributed by atoms with Crippen molar-refractivity contribution in [2.45, 2.75) is 44.1 Å². The van der Waals surface area contributed by atoms with Gasteiger partial charge in [-0.05, 0) is 44.2 Å². The van der Waals surface area contributed by atoms with E-state index >= 15 is 0 Å². The first-order valence-corrected chi connectivity index (χ1v) is 9.41. The fraction of sp³-hybridized carbons (Fsp3) is 0.611. The Morgan fingerprint density at radius 3 is 2.83 bits per heavy atom. The molecule has 1 aromatic rings. The first-order valence-electron chi connectivity index (χ1n) is 8.62. The number of hydrogen-bond acceptors (Lipinski definition) is 2. The summed E-state index contributed by atoms with van der Waals surface area (Å²) >= 11 is 3.69. The molecule has 0 bridgehead atoms. The van der Waals surface area contributed by atoms with E-state index in [0.717, 1.165) is 38.6 Å². The molecule has 2 fully saturated rings. The molecule has 1 unspecified atom stereocenters. The van der Waals surface area contributed by atoms with Gasteiger partial charge >= 0.3 is 0 Å². The van der Waals surface area contributed by atoms with Gasteiger partial charge in [-0.15, -0.1) is 0 Å². The molecule has 126 valence electrons. The number of guanidine groups is 1. The molecule has 23 heavy (non-hydrogen) atoms. The van der Waals surface area contributed by atoms with E-state index in [0.29, 0.717) is 6.10 Å². The molecule has 0 spiro atoms. The molecule has 1 heterocycles. The van der Waals surface area contributed by atoms with Gasteiger partial charge in [-0.1, -0.05) is 34.1 Å².